The van der Waals surface area contributed by atoms with Gasteiger partial charge in [-0.2, -0.15) is 0 Å². The van der Waals surface area contributed by atoms with Gasteiger partial charge in [0.05, 0.1) is 27.5 Å². The molecule has 2 N–H and O–H groups in total. The van der Waals surface area contributed by atoms with E-state index >= 15 is 0 Å². The first-order chi connectivity index (χ1) is 13.9. The third-order valence-electron chi connectivity index (χ3n) is 4.73. The molecular weight excluding hydrogens is 402 g/mol. The van der Waals surface area contributed by atoms with Crippen molar-refractivity contribution in [2.24, 2.45) is 0 Å². The van der Waals surface area contributed by atoms with Gasteiger partial charge >= 0.3 is 0 Å². The van der Waals surface area contributed by atoms with Gasteiger partial charge in [-0.3, -0.25) is 4.79 Å². The van der Waals surface area contributed by atoms with Gasteiger partial charge in [-0.1, -0.05) is 11.8 Å². The number of nitrogens with one attached hydrogen (secondary N) is 2. The van der Waals surface area contributed by atoms with Crippen LogP contribution in [0.5, 0.6) is 0 Å². The Bertz CT molecular complexity index is 1140. The van der Waals surface area contributed by atoms with Crippen LogP contribution in [-0.4, -0.2) is 31.6 Å². The van der Waals surface area contributed by atoms with Crippen LogP contribution in [0.25, 0.3) is 22.4 Å². The number of nitrogens with zero attached hydrogens (tertiary/aromatic N) is 3. The molecule has 0 unspecified atom stereocenters. The smallest absolute Gasteiger partial charge is 0.236 e. The van der Waals surface area contributed by atoms with Crippen LogP contribution in [0.15, 0.2) is 35.5 Å². The minimum Gasteiger partial charge on any atom is -0.338 e. The summed E-state index contributed by atoms with van der Waals surface area (Å²) in [6.07, 6.45) is 1.78. The van der Waals surface area contributed by atoms with E-state index in [1.54, 1.807) is 6.20 Å². The topological polar surface area (TPSA) is 83.6 Å². The Morgan fingerprint density at radius 3 is 2.62 bits per heavy atom. The molecule has 4 aromatic rings. The van der Waals surface area contributed by atoms with Crippen molar-refractivity contribution in [2.45, 2.75) is 32.7 Å². The summed E-state index contributed by atoms with van der Waals surface area (Å²) in [5.41, 5.74) is 6.29. The lowest BCUT2D eigenvalue weighted by atomic mass is 10.1. The summed E-state index contributed by atoms with van der Waals surface area (Å²) in [6, 6.07) is 8.09. The van der Waals surface area contributed by atoms with Gasteiger partial charge in [0, 0.05) is 16.6 Å². The van der Waals surface area contributed by atoms with Crippen LogP contribution < -0.4 is 5.32 Å². The summed E-state index contributed by atoms with van der Waals surface area (Å²) in [5, 5.41) is 4.27. The molecule has 0 aliphatic rings. The van der Waals surface area contributed by atoms with Gasteiger partial charge in [0.1, 0.15) is 5.82 Å². The number of fused-ring (bicyclic) bond motifs is 1. The predicted molar refractivity (Wildman–Crippen MR) is 120 cm³/mol. The second-order valence-electron chi connectivity index (χ2n) is 6.92. The average molecular weight is 424 g/mol. The number of amides is 1. The summed E-state index contributed by atoms with van der Waals surface area (Å²) < 4.78 is 0. The van der Waals surface area contributed by atoms with Gasteiger partial charge in [0.2, 0.25) is 5.91 Å². The number of pyridine rings is 1. The number of anilines is 1. The molecule has 0 aliphatic carbocycles. The van der Waals surface area contributed by atoms with Crippen LogP contribution in [0.3, 0.4) is 0 Å². The van der Waals surface area contributed by atoms with E-state index < -0.39 is 0 Å². The van der Waals surface area contributed by atoms with Crippen LogP contribution in [0.1, 0.15) is 21.7 Å². The van der Waals surface area contributed by atoms with Crippen molar-refractivity contribution in [3.63, 3.8) is 0 Å². The first-order valence-electron chi connectivity index (χ1n) is 9.19. The molecule has 0 radical (unpaired) electrons. The Hall–Kier alpha value is -2.71. The number of thioether (sulfide) groups is 1. The molecule has 6 nitrogen and oxygen atoms in total. The van der Waals surface area contributed by atoms with E-state index in [0.717, 1.165) is 38.0 Å². The molecule has 3 aromatic heterocycles. The fraction of sp³-hybridized carbons (Fsp3) is 0.238. The van der Waals surface area contributed by atoms with E-state index in [1.807, 2.05) is 26.0 Å². The molecule has 0 fully saturated rings. The van der Waals surface area contributed by atoms with Crippen molar-refractivity contribution in [1.29, 1.82) is 0 Å². The van der Waals surface area contributed by atoms with Crippen LogP contribution in [0, 0.1) is 27.7 Å². The number of H-pyrrole nitrogens is 1. The SMILES string of the molecule is Cc1cc2nc(-c3ccc(SCC(=O)Nc4nc(C)c(C)s4)nc3)[nH]c2cc1C. The van der Waals surface area contributed by atoms with Gasteiger partial charge in [-0.25, -0.2) is 15.0 Å². The maximum Gasteiger partial charge on any atom is 0.236 e. The minimum atomic E-state index is -0.0855. The van der Waals surface area contributed by atoms with Crippen LogP contribution in [0.2, 0.25) is 0 Å². The van der Waals surface area contributed by atoms with Gasteiger partial charge in [0.15, 0.2) is 5.13 Å². The Balaban J connectivity index is 1.40. The van der Waals surface area contributed by atoms with E-state index in [-0.39, 0.29) is 11.7 Å². The first kappa shape index (κ1) is 19.6. The molecule has 0 atom stereocenters. The summed E-state index contributed by atoms with van der Waals surface area (Å²) in [4.78, 5) is 30.1. The lowest BCUT2D eigenvalue weighted by molar-refractivity contribution is -0.113. The second kappa shape index (κ2) is 7.96. The molecule has 0 bridgehead atoms. The maximum absolute atomic E-state index is 12.1. The maximum atomic E-state index is 12.1. The zero-order valence-corrected chi connectivity index (χ0v) is 18.3. The van der Waals surface area contributed by atoms with Gasteiger partial charge in [0.25, 0.3) is 0 Å². The molecular formula is C21H21N5OS2. The normalized spacial score (nSPS) is 11.2. The number of carbonyl (C=O) groups is 1. The van der Waals surface area contributed by atoms with Crippen molar-refractivity contribution < 1.29 is 4.79 Å². The Kier molecular flexibility index (Phi) is 5.38. The highest BCUT2D eigenvalue weighted by Gasteiger charge is 2.10. The lowest BCUT2D eigenvalue weighted by Gasteiger charge is -2.02. The number of rotatable bonds is 5. The quantitative estimate of drug-likeness (QED) is 0.439. The van der Waals surface area contributed by atoms with Crippen LogP contribution >= 0.6 is 23.1 Å². The molecule has 1 aromatic carbocycles. The van der Waals surface area contributed by atoms with Crippen molar-refractivity contribution >= 4 is 45.2 Å². The monoisotopic (exact) mass is 423 g/mol. The highest BCUT2D eigenvalue weighted by molar-refractivity contribution is 7.99. The number of aromatic nitrogens is 4. The zero-order valence-electron chi connectivity index (χ0n) is 16.7. The van der Waals surface area contributed by atoms with Gasteiger partial charge in [-0.15, -0.1) is 11.3 Å². The molecule has 148 valence electrons. The highest BCUT2D eigenvalue weighted by atomic mass is 32.2. The van der Waals surface area contributed by atoms with Gasteiger partial charge in [-0.05, 0) is 63.1 Å². The minimum absolute atomic E-state index is 0.0855. The summed E-state index contributed by atoms with van der Waals surface area (Å²) >= 11 is 2.88. The number of aryl methyl sites for hydroxylation is 4. The highest BCUT2D eigenvalue weighted by Crippen LogP contribution is 2.25. The Morgan fingerprint density at radius 2 is 1.93 bits per heavy atom. The lowest BCUT2D eigenvalue weighted by Crippen LogP contribution is -2.13. The standard InChI is InChI=1S/C21H21N5OS2/c1-11-7-16-17(8-12(11)2)25-20(24-16)15-5-6-19(22-9-15)28-10-18(27)26-21-23-13(3)14(4)29-21/h5-9H,10H2,1-4H3,(H,24,25)(H,23,26,27). The average Bonchev–Trinajstić information content (AvgIpc) is 3.23. The van der Waals surface area contributed by atoms with Gasteiger partial charge < -0.3 is 10.3 Å². The molecule has 8 heteroatoms. The Labute approximate surface area is 177 Å². The summed E-state index contributed by atoms with van der Waals surface area (Å²) in [5.74, 6) is 0.992. The van der Waals surface area contributed by atoms with E-state index in [4.69, 9.17) is 0 Å². The predicted octanol–water partition coefficient (Wildman–Crippen LogP) is 5.05. The molecule has 0 spiro atoms. The van der Waals surface area contributed by atoms with E-state index in [2.05, 4.69) is 51.2 Å². The molecule has 0 saturated carbocycles. The number of thiazole rings is 1. The largest absolute Gasteiger partial charge is 0.338 e. The molecule has 0 saturated heterocycles. The fourth-order valence-corrected chi connectivity index (χ4v) is 4.31. The number of benzene rings is 1. The van der Waals surface area contributed by atoms with E-state index in [9.17, 15) is 4.79 Å². The second-order valence-corrected chi connectivity index (χ2v) is 9.12. The summed E-state index contributed by atoms with van der Waals surface area (Å²) in [7, 11) is 0. The number of hydrogen-bond acceptors (Lipinski definition) is 6. The van der Waals surface area contributed by atoms with Crippen LogP contribution in [-0.2, 0) is 4.79 Å². The molecule has 4 rings (SSSR count). The molecule has 29 heavy (non-hydrogen) atoms. The molecule has 0 aliphatic heterocycles. The first-order valence-corrected chi connectivity index (χ1v) is 11.0. The van der Waals surface area contributed by atoms with Crippen molar-refractivity contribution in [1.82, 2.24) is 19.9 Å². The third-order valence-corrected chi connectivity index (χ3v) is 6.67. The Morgan fingerprint density at radius 1 is 1.14 bits per heavy atom. The van der Waals surface area contributed by atoms with Crippen LogP contribution in [0.4, 0.5) is 5.13 Å². The molecule has 1 amide bonds. The van der Waals surface area contributed by atoms with Crippen molar-refractivity contribution in [3.05, 3.63) is 52.2 Å². The van der Waals surface area contributed by atoms with E-state index in [0.29, 0.717) is 5.13 Å². The van der Waals surface area contributed by atoms with Crippen molar-refractivity contribution in [2.75, 3.05) is 11.1 Å². The van der Waals surface area contributed by atoms with Crippen molar-refractivity contribution in [3.8, 4) is 11.4 Å². The third kappa shape index (κ3) is 4.33. The molecule has 3 heterocycles. The number of aromatic amines is 1. The number of hydrogen-bond donors (Lipinski definition) is 2. The number of imidazole rings is 1. The number of carbonyl (C=O) groups excluding carboxylic acids is 1. The zero-order chi connectivity index (χ0) is 20.5. The van der Waals surface area contributed by atoms with E-state index in [1.165, 1.54) is 34.2 Å². The summed E-state index contributed by atoms with van der Waals surface area (Å²) in [6.45, 7) is 8.11. The fourth-order valence-electron chi connectivity index (χ4n) is 2.83.